The highest BCUT2D eigenvalue weighted by molar-refractivity contribution is 6.34. The van der Waals surface area contributed by atoms with Crippen LogP contribution in [0.1, 0.15) is 17.3 Å². The van der Waals surface area contributed by atoms with Crippen LogP contribution in [0, 0.1) is 0 Å². The maximum absolute atomic E-state index is 12.1. The highest BCUT2D eigenvalue weighted by atomic mass is 35.5. The van der Waals surface area contributed by atoms with Crippen LogP contribution in [0.5, 0.6) is 0 Å². The Kier molecular flexibility index (Phi) is 5.47. The molecule has 0 spiro atoms. The Labute approximate surface area is 143 Å². The molecule has 0 aliphatic carbocycles. The normalized spacial score (nSPS) is 11.6. The van der Waals surface area contributed by atoms with Crippen LogP contribution < -0.4 is 11.1 Å². The fraction of sp³-hybridized carbons (Fsp3) is 0.125. The quantitative estimate of drug-likeness (QED) is 0.648. The fourth-order valence-electron chi connectivity index (χ4n) is 1.75. The van der Waals surface area contributed by atoms with Gasteiger partial charge in [-0.1, -0.05) is 35.3 Å². The summed E-state index contributed by atoms with van der Waals surface area (Å²) in [5, 5.41) is 3.33. The van der Waals surface area contributed by atoms with Crippen LogP contribution >= 0.6 is 23.2 Å². The summed E-state index contributed by atoms with van der Waals surface area (Å²) in [6.45, 7) is 1.46. The minimum Gasteiger partial charge on any atom is -0.449 e. The number of rotatable bonds is 4. The van der Waals surface area contributed by atoms with E-state index in [1.165, 1.54) is 25.1 Å². The lowest BCUT2D eigenvalue weighted by Crippen LogP contribution is -2.30. The Hall–Kier alpha value is -2.24. The third-order valence-electron chi connectivity index (χ3n) is 3.02. The van der Waals surface area contributed by atoms with E-state index < -0.39 is 18.0 Å². The average molecular weight is 353 g/mol. The lowest BCUT2D eigenvalue weighted by Gasteiger charge is -2.14. The third-order valence-corrected chi connectivity index (χ3v) is 3.69. The topological polar surface area (TPSA) is 81.4 Å². The van der Waals surface area contributed by atoms with Crippen molar-refractivity contribution in [1.29, 1.82) is 0 Å². The molecule has 0 saturated heterocycles. The molecule has 0 aromatic heterocycles. The molecule has 1 atom stereocenters. The number of benzene rings is 2. The predicted molar refractivity (Wildman–Crippen MR) is 90.8 cm³/mol. The van der Waals surface area contributed by atoms with Gasteiger partial charge in [0.2, 0.25) is 0 Å². The number of para-hydroxylation sites is 1. The van der Waals surface area contributed by atoms with Gasteiger partial charge in [-0.25, -0.2) is 4.79 Å². The highest BCUT2D eigenvalue weighted by Crippen LogP contribution is 2.22. The van der Waals surface area contributed by atoms with Crippen molar-refractivity contribution in [2.75, 3.05) is 11.1 Å². The Bertz CT molecular complexity index is 750. The van der Waals surface area contributed by atoms with Gasteiger partial charge in [-0.3, -0.25) is 4.79 Å². The van der Waals surface area contributed by atoms with E-state index in [1.54, 1.807) is 24.3 Å². The molecule has 5 nitrogen and oxygen atoms in total. The number of carbonyl (C=O) groups excluding carboxylic acids is 2. The van der Waals surface area contributed by atoms with Gasteiger partial charge >= 0.3 is 5.97 Å². The van der Waals surface area contributed by atoms with Gasteiger partial charge in [-0.05, 0) is 37.3 Å². The van der Waals surface area contributed by atoms with Gasteiger partial charge in [-0.15, -0.1) is 0 Å². The average Bonchev–Trinajstić information content (AvgIpc) is 2.52. The lowest BCUT2D eigenvalue weighted by atomic mass is 10.2. The second-order valence-corrected chi connectivity index (χ2v) is 5.57. The maximum Gasteiger partial charge on any atom is 0.338 e. The first-order valence-electron chi connectivity index (χ1n) is 6.70. The Morgan fingerprint density at radius 3 is 2.48 bits per heavy atom. The first-order chi connectivity index (χ1) is 10.9. The molecule has 2 aromatic rings. The van der Waals surface area contributed by atoms with Gasteiger partial charge in [-0.2, -0.15) is 0 Å². The molecule has 3 N–H and O–H groups in total. The van der Waals surface area contributed by atoms with Gasteiger partial charge in [0.15, 0.2) is 6.10 Å². The second kappa shape index (κ2) is 7.35. The molecule has 0 fully saturated rings. The van der Waals surface area contributed by atoms with Gasteiger partial charge in [0.1, 0.15) is 0 Å². The molecule has 23 heavy (non-hydrogen) atoms. The SMILES string of the molecule is CC(OC(=O)c1ccc(Cl)c(N)c1)C(=O)Nc1ccccc1Cl. The molecule has 1 unspecified atom stereocenters. The molecule has 0 bridgehead atoms. The zero-order chi connectivity index (χ0) is 17.0. The molecule has 0 heterocycles. The Balaban J connectivity index is 2.01. The summed E-state index contributed by atoms with van der Waals surface area (Å²) in [5.74, 6) is -1.16. The van der Waals surface area contributed by atoms with Gasteiger partial charge in [0, 0.05) is 0 Å². The van der Waals surface area contributed by atoms with Crippen molar-refractivity contribution in [3.8, 4) is 0 Å². The largest absolute Gasteiger partial charge is 0.449 e. The lowest BCUT2D eigenvalue weighted by molar-refractivity contribution is -0.123. The van der Waals surface area contributed by atoms with Crippen molar-refractivity contribution >= 4 is 46.5 Å². The summed E-state index contributed by atoms with van der Waals surface area (Å²) in [5.41, 5.74) is 6.55. The smallest absolute Gasteiger partial charge is 0.338 e. The number of hydrogen-bond donors (Lipinski definition) is 2. The fourth-order valence-corrected chi connectivity index (χ4v) is 2.05. The van der Waals surface area contributed by atoms with E-state index in [4.69, 9.17) is 33.7 Å². The van der Waals surface area contributed by atoms with Crippen LogP contribution in [0.2, 0.25) is 10.0 Å². The Morgan fingerprint density at radius 1 is 1.13 bits per heavy atom. The molecule has 120 valence electrons. The molecular weight excluding hydrogens is 339 g/mol. The van der Waals surface area contributed by atoms with Crippen LogP contribution in [0.3, 0.4) is 0 Å². The zero-order valence-corrected chi connectivity index (χ0v) is 13.7. The van der Waals surface area contributed by atoms with Gasteiger partial charge in [0.05, 0.1) is 27.0 Å². The number of nitrogen functional groups attached to an aromatic ring is 1. The summed E-state index contributed by atoms with van der Waals surface area (Å²) >= 11 is 11.8. The number of carbonyl (C=O) groups is 2. The van der Waals surface area contributed by atoms with Gasteiger partial charge in [0.25, 0.3) is 5.91 Å². The van der Waals surface area contributed by atoms with Crippen LogP contribution in [0.4, 0.5) is 11.4 Å². The number of anilines is 2. The van der Waals surface area contributed by atoms with E-state index in [2.05, 4.69) is 5.32 Å². The summed E-state index contributed by atoms with van der Waals surface area (Å²) < 4.78 is 5.11. The predicted octanol–water partition coefficient (Wildman–Crippen LogP) is 3.76. The maximum atomic E-state index is 12.1. The number of hydrogen-bond acceptors (Lipinski definition) is 4. The van der Waals surface area contributed by atoms with Crippen molar-refractivity contribution in [3.63, 3.8) is 0 Å². The standard InChI is InChI=1S/C16H14Cl2N2O3/c1-9(15(21)20-14-5-3-2-4-12(14)18)23-16(22)10-6-7-11(17)13(19)8-10/h2-9H,19H2,1H3,(H,20,21). The number of amides is 1. The number of nitrogens with two attached hydrogens (primary N) is 1. The molecule has 1 amide bonds. The van der Waals surface area contributed by atoms with E-state index in [9.17, 15) is 9.59 Å². The molecule has 2 rings (SSSR count). The molecule has 0 radical (unpaired) electrons. The summed E-state index contributed by atoms with van der Waals surface area (Å²) in [4.78, 5) is 24.1. The number of esters is 1. The molecular formula is C16H14Cl2N2O3. The molecule has 0 saturated carbocycles. The van der Waals surface area contributed by atoms with Crippen molar-refractivity contribution in [1.82, 2.24) is 0 Å². The minimum atomic E-state index is -1.00. The van der Waals surface area contributed by atoms with Crippen LogP contribution in [0.25, 0.3) is 0 Å². The number of ether oxygens (including phenoxy) is 1. The minimum absolute atomic E-state index is 0.212. The number of halogens is 2. The highest BCUT2D eigenvalue weighted by Gasteiger charge is 2.20. The van der Waals surface area contributed by atoms with Crippen molar-refractivity contribution in [2.24, 2.45) is 0 Å². The molecule has 7 heteroatoms. The first kappa shape index (κ1) is 17.1. The van der Waals surface area contributed by atoms with Crippen molar-refractivity contribution < 1.29 is 14.3 Å². The summed E-state index contributed by atoms with van der Waals surface area (Å²) in [6, 6.07) is 11.1. The van der Waals surface area contributed by atoms with Crippen molar-refractivity contribution in [2.45, 2.75) is 13.0 Å². The zero-order valence-electron chi connectivity index (χ0n) is 12.2. The van der Waals surface area contributed by atoms with Gasteiger partial charge < -0.3 is 15.8 Å². The number of nitrogens with one attached hydrogen (secondary N) is 1. The monoisotopic (exact) mass is 352 g/mol. The molecule has 2 aromatic carbocycles. The van der Waals surface area contributed by atoms with E-state index in [-0.39, 0.29) is 11.3 Å². The van der Waals surface area contributed by atoms with E-state index >= 15 is 0 Å². The second-order valence-electron chi connectivity index (χ2n) is 4.75. The van der Waals surface area contributed by atoms with Crippen LogP contribution in [0.15, 0.2) is 42.5 Å². The summed E-state index contributed by atoms with van der Waals surface area (Å²) in [7, 11) is 0. The summed E-state index contributed by atoms with van der Waals surface area (Å²) in [6.07, 6.45) is -1.00. The van der Waals surface area contributed by atoms with Crippen LogP contribution in [-0.2, 0) is 9.53 Å². The van der Waals surface area contributed by atoms with Crippen molar-refractivity contribution in [3.05, 3.63) is 58.1 Å². The Morgan fingerprint density at radius 2 is 1.83 bits per heavy atom. The van der Waals surface area contributed by atoms with E-state index in [1.807, 2.05) is 0 Å². The van der Waals surface area contributed by atoms with Crippen LogP contribution in [-0.4, -0.2) is 18.0 Å². The first-order valence-corrected chi connectivity index (χ1v) is 7.45. The third kappa shape index (κ3) is 4.37. The van der Waals surface area contributed by atoms with E-state index in [0.29, 0.717) is 15.7 Å². The van der Waals surface area contributed by atoms with E-state index in [0.717, 1.165) is 0 Å². The molecule has 0 aliphatic heterocycles. The molecule has 0 aliphatic rings.